The number of nitrogens with zero attached hydrogens (tertiary/aromatic N) is 1. The lowest BCUT2D eigenvalue weighted by atomic mass is 10.1. The fourth-order valence-corrected chi connectivity index (χ4v) is 3.21. The molecule has 98 valence electrons. The average molecular weight is 319 g/mol. The first-order chi connectivity index (χ1) is 9.16. The van der Waals surface area contributed by atoms with Crippen molar-refractivity contribution < 1.29 is 0 Å². The molecule has 1 aliphatic rings. The molecule has 0 atom stereocenters. The molecule has 2 aromatic rings. The Balaban J connectivity index is 2.10. The first-order valence-electron chi connectivity index (χ1n) is 6.41. The van der Waals surface area contributed by atoms with Gasteiger partial charge in [0.2, 0.25) is 0 Å². The summed E-state index contributed by atoms with van der Waals surface area (Å²) in [5, 5.41) is 0. The van der Waals surface area contributed by atoms with E-state index in [0.29, 0.717) is 6.54 Å². The van der Waals surface area contributed by atoms with E-state index in [1.165, 1.54) is 11.3 Å². The minimum atomic E-state index is 0.0517. The van der Waals surface area contributed by atoms with E-state index in [0.717, 1.165) is 35.0 Å². The molecule has 0 saturated carbocycles. The second-order valence-corrected chi connectivity index (χ2v) is 5.75. The van der Waals surface area contributed by atoms with Crippen LogP contribution in [0.3, 0.4) is 0 Å². The highest BCUT2D eigenvalue weighted by Crippen LogP contribution is 2.26. The van der Waals surface area contributed by atoms with Crippen molar-refractivity contribution in [3.63, 3.8) is 0 Å². The molecule has 0 unspecified atom stereocenters. The van der Waals surface area contributed by atoms with Gasteiger partial charge in [-0.15, -0.1) is 0 Å². The van der Waals surface area contributed by atoms with Crippen LogP contribution < -0.4 is 11.3 Å². The summed E-state index contributed by atoms with van der Waals surface area (Å²) < 4.78 is 2.81. The van der Waals surface area contributed by atoms with Gasteiger partial charge in [-0.05, 0) is 37.0 Å². The minimum absolute atomic E-state index is 0.0517. The summed E-state index contributed by atoms with van der Waals surface area (Å²) in [7, 11) is 0. The lowest BCUT2D eigenvalue weighted by molar-refractivity contribution is 0.707. The van der Waals surface area contributed by atoms with Gasteiger partial charge in [0.15, 0.2) is 0 Å². The zero-order valence-electron chi connectivity index (χ0n) is 10.5. The highest BCUT2D eigenvalue weighted by molar-refractivity contribution is 9.10. The predicted molar refractivity (Wildman–Crippen MR) is 80.4 cm³/mol. The van der Waals surface area contributed by atoms with Crippen LogP contribution in [0.25, 0.3) is 0 Å². The van der Waals surface area contributed by atoms with Gasteiger partial charge >= 0.3 is 0 Å². The maximum atomic E-state index is 12.1. The second-order valence-electron chi connectivity index (χ2n) is 4.89. The third-order valence-electron chi connectivity index (χ3n) is 3.72. The second kappa shape index (κ2) is 4.85. The van der Waals surface area contributed by atoms with Gasteiger partial charge in [0.1, 0.15) is 0 Å². The van der Waals surface area contributed by atoms with Gasteiger partial charge in [-0.1, -0.05) is 28.1 Å². The fraction of sp³-hybridized carbons (Fsp3) is 0.267. The largest absolute Gasteiger partial charge is 0.398 e. The quantitative estimate of drug-likeness (QED) is 0.865. The number of nitrogens with two attached hydrogens (primary N) is 1. The fourth-order valence-electron chi connectivity index (χ4n) is 2.71. The first kappa shape index (κ1) is 12.5. The molecule has 1 aliphatic carbocycles. The number of hydrogen-bond donors (Lipinski definition) is 1. The van der Waals surface area contributed by atoms with Gasteiger partial charge in [-0.2, -0.15) is 0 Å². The maximum absolute atomic E-state index is 12.1. The van der Waals surface area contributed by atoms with Crippen LogP contribution in [0.5, 0.6) is 0 Å². The zero-order chi connectivity index (χ0) is 13.4. The van der Waals surface area contributed by atoms with Crippen molar-refractivity contribution in [2.24, 2.45) is 0 Å². The van der Waals surface area contributed by atoms with E-state index in [9.17, 15) is 4.79 Å². The Kier molecular flexibility index (Phi) is 3.19. The number of rotatable bonds is 2. The summed E-state index contributed by atoms with van der Waals surface area (Å²) >= 11 is 3.51. The first-order valence-corrected chi connectivity index (χ1v) is 7.20. The molecule has 0 amide bonds. The Morgan fingerprint density at radius 3 is 2.84 bits per heavy atom. The van der Waals surface area contributed by atoms with Crippen molar-refractivity contribution in [1.29, 1.82) is 0 Å². The number of pyridine rings is 1. The summed E-state index contributed by atoms with van der Waals surface area (Å²) in [6.07, 6.45) is 3.18. The van der Waals surface area contributed by atoms with E-state index < -0.39 is 0 Å². The molecule has 0 saturated heterocycles. The summed E-state index contributed by atoms with van der Waals surface area (Å²) in [4.78, 5) is 12.1. The van der Waals surface area contributed by atoms with Gasteiger partial charge < -0.3 is 10.3 Å². The summed E-state index contributed by atoms with van der Waals surface area (Å²) in [6, 6.07) is 9.36. The molecule has 0 bridgehead atoms. The van der Waals surface area contributed by atoms with E-state index in [4.69, 9.17) is 5.73 Å². The van der Waals surface area contributed by atoms with Crippen molar-refractivity contribution in [1.82, 2.24) is 4.57 Å². The zero-order valence-corrected chi connectivity index (χ0v) is 12.1. The summed E-state index contributed by atoms with van der Waals surface area (Å²) in [6.45, 7) is 0.537. The van der Waals surface area contributed by atoms with E-state index in [1.807, 2.05) is 28.8 Å². The van der Waals surface area contributed by atoms with E-state index in [2.05, 4.69) is 15.9 Å². The number of fused-ring (bicyclic) bond motifs is 1. The van der Waals surface area contributed by atoms with Gasteiger partial charge in [-0.25, -0.2) is 0 Å². The number of nitrogen functional groups attached to an aromatic ring is 1. The Bertz CT molecular complexity index is 671. The molecule has 0 radical (unpaired) electrons. The Morgan fingerprint density at radius 1 is 1.21 bits per heavy atom. The summed E-state index contributed by atoms with van der Waals surface area (Å²) in [5.41, 5.74) is 10.2. The Morgan fingerprint density at radius 2 is 2.05 bits per heavy atom. The highest BCUT2D eigenvalue weighted by atomic mass is 79.9. The maximum Gasteiger partial charge on any atom is 0.251 e. The monoisotopic (exact) mass is 318 g/mol. The molecule has 4 heteroatoms. The molecule has 2 N–H and O–H groups in total. The van der Waals surface area contributed by atoms with Crippen LogP contribution in [-0.2, 0) is 19.4 Å². The molecule has 3 nitrogen and oxygen atoms in total. The molecule has 1 aromatic heterocycles. The predicted octanol–water partition coefficient (Wildman–Crippen LogP) is 2.73. The number of hydrogen-bond acceptors (Lipinski definition) is 2. The van der Waals surface area contributed by atoms with Crippen LogP contribution in [0, 0.1) is 0 Å². The van der Waals surface area contributed by atoms with Crippen LogP contribution in [-0.4, -0.2) is 4.57 Å². The van der Waals surface area contributed by atoms with E-state index in [1.54, 1.807) is 6.07 Å². The normalized spacial score (nSPS) is 13.5. The number of halogens is 1. The van der Waals surface area contributed by atoms with Crippen molar-refractivity contribution in [2.75, 3.05) is 5.73 Å². The Hall–Kier alpha value is -1.55. The molecule has 0 spiro atoms. The van der Waals surface area contributed by atoms with Crippen LogP contribution >= 0.6 is 15.9 Å². The van der Waals surface area contributed by atoms with Crippen molar-refractivity contribution >= 4 is 21.6 Å². The lowest BCUT2D eigenvalue weighted by Gasteiger charge is -2.14. The molecular weight excluding hydrogens is 304 g/mol. The van der Waals surface area contributed by atoms with Crippen molar-refractivity contribution in [3.8, 4) is 0 Å². The standard InChI is InChI=1S/C15H15BrN2O/c16-12-4-2-5-13(17)11(12)9-18-14-6-1-3-10(14)7-8-15(18)19/h2,4-5,7-8H,1,3,6,9,17H2. The number of anilines is 1. The minimum Gasteiger partial charge on any atom is -0.398 e. The molecular formula is C15H15BrN2O. The molecule has 1 heterocycles. The van der Waals surface area contributed by atoms with Crippen LogP contribution in [0.15, 0.2) is 39.6 Å². The van der Waals surface area contributed by atoms with E-state index in [-0.39, 0.29) is 5.56 Å². The molecule has 19 heavy (non-hydrogen) atoms. The third-order valence-corrected chi connectivity index (χ3v) is 4.46. The number of aryl methyl sites for hydroxylation is 1. The number of aromatic nitrogens is 1. The number of benzene rings is 1. The van der Waals surface area contributed by atoms with Gasteiger partial charge in [0, 0.05) is 27.5 Å². The van der Waals surface area contributed by atoms with Gasteiger partial charge in [0.25, 0.3) is 5.56 Å². The summed E-state index contributed by atoms with van der Waals surface area (Å²) in [5.74, 6) is 0. The topological polar surface area (TPSA) is 48.0 Å². The van der Waals surface area contributed by atoms with Gasteiger partial charge in [-0.3, -0.25) is 4.79 Å². The van der Waals surface area contributed by atoms with Crippen molar-refractivity contribution in [3.05, 3.63) is 62.0 Å². The van der Waals surface area contributed by atoms with Crippen molar-refractivity contribution in [2.45, 2.75) is 25.8 Å². The van der Waals surface area contributed by atoms with Crippen LogP contribution in [0.4, 0.5) is 5.69 Å². The highest BCUT2D eigenvalue weighted by Gasteiger charge is 2.17. The lowest BCUT2D eigenvalue weighted by Crippen LogP contribution is -2.23. The van der Waals surface area contributed by atoms with E-state index >= 15 is 0 Å². The average Bonchev–Trinajstić information content (AvgIpc) is 2.84. The Labute approximate surface area is 120 Å². The smallest absolute Gasteiger partial charge is 0.251 e. The molecule has 1 aromatic carbocycles. The van der Waals surface area contributed by atoms with Gasteiger partial charge in [0.05, 0.1) is 6.54 Å². The van der Waals surface area contributed by atoms with Crippen LogP contribution in [0.1, 0.15) is 23.2 Å². The molecule has 0 aliphatic heterocycles. The molecule has 3 rings (SSSR count). The van der Waals surface area contributed by atoms with Crippen LogP contribution in [0.2, 0.25) is 0 Å². The SMILES string of the molecule is Nc1cccc(Br)c1Cn1c2c(ccc1=O)CCC2. The third kappa shape index (κ3) is 2.21. The molecule has 0 fully saturated rings.